The fraction of sp³-hybridized carbons (Fsp3) is 0.133. The fourth-order valence-corrected chi connectivity index (χ4v) is 1.86. The SMILES string of the molecule is Cc1ccc(COc2ccc3[nH]ncc3c2)cc1. The van der Waals surface area contributed by atoms with Crippen LogP contribution in [0.4, 0.5) is 0 Å². The van der Waals surface area contributed by atoms with Crippen molar-refractivity contribution >= 4 is 10.9 Å². The summed E-state index contributed by atoms with van der Waals surface area (Å²) in [6, 6.07) is 14.3. The Bertz CT molecular complexity index is 656. The molecule has 0 spiro atoms. The number of H-pyrrole nitrogens is 1. The molecule has 0 aliphatic heterocycles. The third kappa shape index (κ3) is 2.20. The van der Waals surface area contributed by atoms with Gasteiger partial charge in [0.05, 0.1) is 11.7 Å². The summed E-state index contributed by atoms with van der Waals surface area (Å²) in [6.45, 7) is 2.67. The van der Waals surface area contributed by atoms with Gasteiger partial charge in [0.15, 0.2) is 0 Å². The van der Waals surface area contributed by atoms with Crippen molar-refractivity contribution in [1.29, 1.82) is 0 Å². The third-order valence-electron chi connectivity index (χ3n) is 2.94. The fourth-order valence-electron chi connectivity index (χ4n) is 1.86. The van der Waals surface area contributed by atoms with Crippen LogP contribution in [0.15, 0.2) is 48.7 Å². The lowest BCUT2D eigenvalue weighted by molar-refractivity contribution is 0.306. The number of hydrogen-bond donors (Lipinski definition) is 1. The monoisotopic (exact) mass is 238 g/mol. The first-order valence-corrected chi connectivity index (χ1v) is 5.93. The van der Waals surface area contributed by atoms with Crippen molar-refractivity contribution in [3.05, 3.63) is 59.8 Å². The van der Waals surface area contributed by atoms with Gasteiger partial charge >= 0.3 is 0 Å². The van der Waals surface area contributed by atoms with E-state index in [4.69, 9.17) is 4.74 Å². The van der Waals surface area contributed by atoms with Gasteiger partial charge in [-0.15, -0.1) is 0 Å². The molecule has 18 heavy (non-hydrogen) atoms. The number of hydrogen-bond acceptors (Lipinski definition) is 2. The summed E-state index contributed by atoms with van der Waals surface area (Å²) in [7, 11) is 0. The van der Waals surface area contributed by atoms with E-state index in [1.807, 2.05) is 18.2 Å². The molecule has 0 unspecified atom stereocenters. The van der Waals surface area contributed by atoms with Crippen molar-refractivity contribution in [2.24, 2.45) is 0 Å². The van der Waals surface area contributed by atoms with Crippen molar-refractivity contribution in [3.63, 3.8) is 0 Å². The lowest BCUT2D eigenvalue weighted by Crippen LogP contribution is -1.95. The molecule has 3 heteroatoms. The first-order valence-electron chi connectivity index (χ1n) is 5.93. The number of rotatable bonds is 3. The maximum atomic E-state index is 5.77. The van der Waals surface area contributed by atoms with E-state index in [2.05, 4.69) is 41.4 Å². The minimum absolute atomic E-state index is 0.587. The smallest absolute Gasteiger partial charge is 0.120 e. The highest BCUT2D eigenvalue weighted by Crippen LogP contribution is 2.19. The molecule has 0 atom stereocenters. The summed E-state index contributed by atoms with van der Waals surface area (Å²) in [5.41, 5.74) is 3.46. The standard InChI is InChI=1S/C15H14N2O/c1-11-2-4-12(5-3-11)10-18-14-6-7-15-13(8-14)9-16-17-15/h2-9H,10H2,1H3,(H,16,17). The molecule has 0 aliphatic carbocycles. The maximum Gasteiger partial charge on any atom is 0.120 e. The van der Waals surface area contributed by atoms with E-state index in [-0.39, 0.29) is 0 Å². The van der Waals surface area contributed by atoms with Crippen molar-refractivity contribution in [2.75, 3.05) is 0 Å². The Morgan fingerprint density at radius 1 is 1.11 bits per heavy atom. The van der Waals surface area contributed by atoms with Gasteiger partial charge in [-0.3, -0.25) is 5.10 Å². The minimum Gasteiger partial charge on any atom is -0.489 e. The molecule has 1 aromatic heterocycles. The molecule has 1 N–H and O–H groups in total. The van der Waals surface area contributed by atoms with Crippen LogP contribution in [0.2, 0.25) is 0 Å². The zero-order valence-corrected chi connectivity index (χ0v) is 10.2. The number of ether oxygens (including phenoxy) is 1. The summed E-state index contributed by atoms with van der Waals surface area (Å²) in [5, 5.41) is 7.98. The predicted molar refractivity (Wildman–Crippen MR) is 71.6 cm³/mol. The molecule has 0 radical (unpaired) electrons. The topological polar surface area (TPSA) is 37.9 Å². The van der Waals surface area contributed by atoms with Crippen LogP contribution in [0.1, 0.15) is 11.1 Å². The van der Waals surface area contributed by atoms with Crippen molar-refractivity contribution in [1.82, 2.24) is 10.2 Å². The second kappa shape index (κ2) is 4.53. The number of nitrogens with zero attached hydrogens (tertiary/aromatic N) is 1. The molecule has 0 saturated carbocycles. The van der Waals surface area contributed by atoms with Crippen LogP contribution in [0.3, 0.4) is 0 Å². The van der Waals surface area contributed by atoms with E-state index in [0.29, 0.717) is 6.61 Å². The van der Waals surface area contributed by atoms with E-state index in [1.165, 1.54) is 11.1 Å². The summed E-state index contributed by atoms with van der Waals surface area (Å²) >= 11 is 0. The summed E-state index contributed by atoms with van der Waals surface area (Å²) in [6.07, 6.45) is 1.80. The van der Waals surface area contributed by atoms with Gasteiger partial charge in [-0.1, -0.05) is 29.8 Å². The lowest BCUT2D eigenvalue weighted by Gasteiger charge is -2.06. The average molecular weight is 238 g/mol. The van der Waals surface area contributed by atoms with Gasteiger partial charge < -0.3 is 4.74 Å². The van der Waals surface area contributed by atoms with Gasteiger partial charge in [-0.05, 0) is 30.7 Å². The molecular formula is C15H14N2O. The first-order chi connectivity index (χ1) is 8.81. The number of aromatic nitrogens is 2. The predicted octanol–water partition coefficient (Wildman–Crippen LogP) is 3.45. The van der Waals surface area contributed by atoms with E-state index < -0.39 is 0 Å². The molecule has 0 fully saturated rings. The maximum absolute atomic E-state index is 5.77. The second-order valence-corrected chi connectivity index (χ2v) is 4.39. The quantitative estimate of drug-likeness (QED) is 0.759. The molecule has 0 amide bonds. The Labute approximate surface area is 105 Å². The Kier molecular flexibility index (Phi) is 2.73. The van der Waals surface area contributed by atoms with Gasteiger partial charge in [-0.2, -0.15) is 5.10 Å². The number of nitrogens with one attached hydrogen (secondary N) is 1. The van der Waals surface area contributed by atoms with E-state index in [0.717, 1.165) is 16.7 Å². The third-order valence-corrected chi connectivity index (χ3v) is 2.94. The largest absolute Gasteiger partial charge is 0.489 e. The molecule has 1 heterocycles. The van der Waals surface area contributed by atoms with E-state index in [1.54, 1.807) is 6.20 Å². The second-order valence-electron chi connectivity index (χ2n) is 4.39. The first kappa shape index (κ1) is 10.8. The highest BCUT2D eigenvalue weighted by atomic mass is 16.5. The Morgan fingerprint density at radius 2 is 1.94 bits per heavy atom. The number of fused-ring (bicyclic) bond motifs is 1. The van der Waals surface area contributed by atoms with Crippen LogP contribution in [0.25, 0.3) is 10.9 Å². The van der Waals surface area contributed by atoms with Gasteiger partial charge in [0, 0.05) is 5.39 Å². The Balaban J connectivity index is 1.74. The van der Waals surface area contributed by atoms with E-state index >= 15 is 0 Å². The number of aryl methyl sites for hydroxylation is 1. The minimum atomic E-state index is 0.587. The van der Waals surface area contributed by atoms with Crippen LogP contribution in [0, 0.1) is 6.92 Å². The summed E-state index contributed by atoms with van der Waals surface area (Å²) in [4.78, 5) is 0. The normalized spacial score (nSPS) is 10.7. The van der Waals surface area contributed by atoms with Crippen molar-refractivity contribution < 1.29 is 4.74 Å². The highest BCUT2D eigenvalue weighted by Gasteiger charge is 1.99. The van der Waals surface area contributed by atoms with Crippen LogP contribution >= 0.6 is 0 Å². The van der Waals surface area contributed by atoms with Crippen molar-refractivity contribution in [3.8, 4) is 5.75 Å². The lowest BCUT2D eigenvalue weighted by atomic mass is 10.2. The van der Waals surface area contributed by atoms with Gasteiger partial charge in [0.2, 0.25) is 0 Å². The molecule has 3 aromatic rings. The highest BCUT2D eigenvalue weighted by molar-refractivity contribution is 5.79. The molecule has 0 saturated heterocycles. The van der Waals surface area contributed by atoms with Gasteiger partial charge in [0.25, 0.3) is 0 Å². The Hall–Kier alpha value is -2.29. The zero-order chi connectivity index (χ0) is 12.4. The van der Waals surface area contributed by atoms with Crippen molar-refractivity contribution in [2.45, 2.75) is 13.5 Å². The molecule has 0 bridgehead atoms. The Morgan fingerprint density at radius 3 is 2.78 bits per heavy atom. The number of benzene rings is 2. The molecule has 3 nitrogen and oxygen atoms in total. The van der Waals surface area contributed by atoms with Crippen LogP contribution in [0.5, 0.6) is 5.75 Å². The van der Waals surface area contributed by atoms with Gasteiger partial charge in [0.1, 0.15) is 12.4 Å². The molecule has 2 aromatic carbocycles. The van der Waals surface area contributed by atoms with E-state index in [9.17, 15) is 0 Å². The average Bonchev–Trinajstić information content (AvgIpc) is 2.85. The summed E-state index contributed by atoms with van der Waals surface area (Å²) < 4.78 is 5.77. The molecular weight excluding hydrogens is 224 g/mol. The number of aromatic amines is 1. The van der Waals surface area contributed by atoms with Gasteiger partial charge in [-0.25, -0.2) is 0 Å². The zero-order valence-electron chi connectivity index (χ0n) is 10.2. The summed E-state index contributed by atoms with van der Waals surface area (Å²) in [5.74, 6) is 0.865. The molecule has 90 valence electrons. The van der Waals surface area contributed by atoms with Crippen LogP contribution < -0.4 is 4.74 Å². The molecule has 3 rings (SSSR count). The molecule has 0 aliphatic rings. The van der Waals surface area contributed by atoms with Crippen LogP contribution in [-0.4, -0.2) is 10.2 Å². The van der Waals surface area contributed by atoms with Crippen LogP contribution in [-0.2, 0) is 6.61 Å².